The zero-order chi connectivity index (χ0) is 5.98. The summed E-state index contributed by atoms with van der Waals surface area (Å²) in [6, 6.07) is 0. The van der Waals surface area contributed by atoms with Crippen LogP contribution in [0.25, 0.3) is 0 Å². The molecule has 0 aromatic carbocycles. The van der Waals surface area contributed by atoms with Crippen molar-refractivity contribution in [3.05, 3.63) is 0 Å². The Hall–Kier alpha value is 0.110. The van der Waals surface area contributed by atoms with E-state index in [1.165, 1.54) is 12.8 Å². The molecular weight excluding hydrogens is 138 g/mol. The molecule has 0 aliphatic heterocycles. The molecule has 8 heavy (non-hydrogen) atoms. The Morgan fingerprint density at radius 2 is 2.38 bits per heavy atom. The third-order valence-corrected chi connectivity index (χ3v) is 1.52. The minimum absolute atomic E-state index is 0.511. The van der Waals surface area contributed by atoms with Crippen LogP contribution in [0.4, 0.5) is 0 Å². The quantitative estimate of drug-likeness (QED) is 0.457. The monoisotopic (exact) mass is 146 g/mol. The molecule has 46 valence electrons. The number of nitrogens with one attached hydrogen (secondary N) is 1. The molecule has 0 radical (unpaired) electrons. The van der Waals surface area contributed by atoms with Crippen LogP contribution in [0.2, 0.25) is 0 Å². The summed E-state index contributed by atoms with van der Waals surface area (Å²) in [6.07, 6.45) is 2.70. The van der Waals surface area contributed by atoms with Crippen LogP contribution in [-0.4, -0.2) is 10.9 Å². The number of hydrogen-bond donors (Lipinski definition) is 1. The molecule has 0 heterocycles. The van der Waals surface area contributed by atoms with Crippen LogP contribution in [0.5, 0.6) is 0 Å². The molecular formula is C5H8NS2-. The van der Waals surface area contributed by atoms with E-state index in [2.05, 4.69) is 30.2 Å². The summed E-state index contributed by atoms with van der Waals surface area (Å²) in [5.74, 6) is 0.871. The van der Waals surface area contributed by atoms with E-state index in [1.807, 2.05) is 0 Å². The van der Waals surface area contributed by atoms with Gasteiger partial charge in [-0.1, -0.05) is 4.32 Å². The van der Waals surface area contributed by atoms with Gasteiger partial charge in [-0.2, -0.15) is 0 Å². The van der Waals surface area contributed by atoms with Gasteiger partial charge in [-0.25, -0.2) is 0 Å². The predicted molar refractivity (Wildman–Crippen MR) is 40.7 cm³/mol. The normalized spacial score (nSPS) is 18.0. The first-order chi connectivity index (χ1) is 3.79. The molecule has 0 unspecified atom stereocenters. The Kier molecular flexibility index (Phi) is 2.02. The van der Waals surface area contributed by atoms with Crippen molar-refractivity contribution < 1.29 is 0 Å². The third kappa shape index (κ3) is 2.43. The highest BCUT2D eigenvalue weighted by Crippen LogP contribution is 2.27. The van der Waals surface area contributed by atoms with E-state index in [0.717, 1.165) is 12.5 Å². The molecule has 0 bridgehead atoms. The first-order valence-electron chi connectivity index (χ1n) is 2.74. The van der Waals surface area contributed by atoms with Crippen LogP contribution in [-0.2, 0) is 12.6 Å². The SMILES string of the molecule is S=C([S-])NCC1CC1. The van der Waals surface area contributed by atoms with Crippen molar-refractivity contribution in [1.82, 2.24) is 5.32 Å². The zero-order valence-electron chi connectivity index (χ0n) is 4.52. The maximum atomic E-state index is 4.65. The van der Waals surface area contributed by atoms with Crippen LogP contribution in [0.1, 0.15) is 12.8 Å². The second kappa shape index (κ2) is 2.60. The Morgan fingerprint density at radius 1 is 1.75 bits per heavy atom. The van der Waals surface area contributed by atoms with Gasteiger partial charge in [0.2, 0.25) is 0 Å². The van der Waals surface area contributed by atoms with E-state index in [1.54, 1.807) is 0 Å². The van der Waals surface area contributed by atoms with Crippen molar-refractivity contribution in [3.63, 3.8) is 0 Å². The smallest absolute Gasteiger partial charge is 0.0160 e. The summed E-state index contributed by atoms with van der Waals surface area (Å²) in [7, 11) is 0. The molecule has 0 aromatic rings. The summed E-state index contributed by atoms with van der Waals surface area (Å²) >= 11 is 9.29. The van der Waals surface area contributed by atoms with Crippen molar-refractivity contribution in [3.8, 4) is 0 Å². The lowest BCUT2D eigenvalue weighted by atomic mass is 10.4. The van der Waals surface area contributed by atoms with Crippen molar-refractivity contribution in [1.29, 1.82) is 0 Å². The molecule has 1 nitrogen and oxygen atoms in total. The summed E-state index contributed by atoms with van der Waals surface area (Å²) in [6.45, 7) is 1.00. The second-order valence-corrected chi connectivity index (χ2v) is 3.19. The summed E-state index contributed by atoms with van der Waals surface area (Å²) in [5, 5.41) is 2.95. The lowest BCUT2D eigenvalue weighted by Gasteiger charge is -2.06. The molecule has 1 rings (SSSR count). The highest BCUT2D eigenvalue weighted by Gasteiger charge is 2.19. The molecule has 1 fully saturated rings. The zero-order valence-corrected chi connectivity index (χ0v) is 6.15. The topological polar surface area (TPSA) is 12.0 Å². The van der Waals surface area contributed by atoms with Gasteiger partial charge < -0.3 is 30.2 Å². The number of rotatable bonds is 2. The molecule has 3 heteroatoms. The Bertz CT molecular complexity index is 98.6. The summed E-state index contributed by atoms with van der Waals surface area (Å²) in [4.78, 5) is 0. The van der Waals surface area contributed by atoms with Gasteiger partial charge in [0.1, 0.15) is 0 Å². The maximum absolute atomic E-state index is 4.65. The predicted octanol–water partition coefficient (Wildman–Crippen LogP) is 0.818. The highest BCUT2D eigenvalue weighted by molar-refractivity contribution is 8.00. The van der Waals surface area contributed by atoms with Gasteiger partial charge in [0, 0.05) is 6.54 Å². The van der Waals surface area contributed by atoms with Gasteiger partial charge in [0.25, 0.3) is 0 Å². The van der Waals surface area contributed by atoms with Gasteiger partial charge in [-0.05, 0) is 18.8 Å². The highest BCUT2D eigenvalue weighted by atomic mass is 32.1. The molecule has 0 amide bonds. The minimum Gasteiger partial charge on any atom is -0.412 e. The first kappa shape index (κ1) is 6.23. The lowest BCUT2D eigenvalue weighted by molar-refractivity contribution is 0.784. The van der Waals surface area contributed by atoms with E-state index in [4.69, 9.17) is 0 Å². The van der Waals surface area contributed by atoms with Crippen LogP contribution >= 0.6 is 12.2 Å². The fourth-order valence-electron chi connectivity index (χ4n) is 0.550. The molecule has 1 aliphatic rings. The molecule has 0 aromatic heterocycles. The molecule has 0 atom stereocenters. The molecule has 0 saturated heterocycles. The minimum atomic E-state index is 0.511. The van der Waals surface area contributed by atoms with Crippen molar-refractivity contribution in [2.45, 2.75) is 12.8 Å². The molecule has 1 N–H and O–H groups in total. The van der Waals surface area contributed by atoms with Crippen molar-refractivity contribution >= 4 is 29.2 Å². The lowest BCUT2D eigenvalue weighted by Crippen LogP contribution is -2.20. The van der Waals surface area contributed by atoms with Crippen molar-refractivity contribution in [2.75, 3.05) is 6.54 Å². The van der Waals surface area contributed by atoms with Gasteiger partial charge in [-0.15, -0.1) is 0 Å². The fourth-order valence-corrected chi connectivity index (χ4v) is 0.716. The maximum Gasteiger partial charge on any atom is 0.0160 e. The van der Waals surface area contributed by atoms with E-state index in [-0.39, 0.29) is 0 Å². The van der Waals surface area contributed by atoms with E-state index in [9.17, 15) is 0 Å². The first-order valence-corrected chi connectivity index (χ1v) is 3.55. The van der Waals surface area contributed by atoms with E-state index >= 15 is 0 Å². The molecule has 0 spiro atoms. The molecule has 1 saturated carbocycles. The van der Waals surface area contributed by atoms with Gasteiger partial charge in [0.15, 0.2) is 0 Å². The molecule has 1 aliphatic carbocycles. The average Bonchev–Trinajstić information content (AvgIpc) is 2.41. The van der Waals surface area contributed by atoms with Crippen molar-refractivity contribution in [2.24, 2.45) is 5.92 Å². The van der Waals surface area contributed by atoms with Crippen LogP contribution in [0.3, 0.4) is 0 Å². The summed E-state index contributed by atoms with van der Waals surface area (Å²) in [5.41, 5.74) is 0. The van der Waals surface area contributed by atoms with Gasteiger partial charge in [0.05, 0.1) is 0 Å². The summed E-state index contributed by atoms with van der Waals surface area (Å²) < 4.78 is 0.511. The van der Waals surface area contributed by atoms with Gasteiger partial charge in [-0.3, -0.25) is 0 Å². The standard InChI is InChI=1S/C5H9NS2/c7-5(8)6-3-4-1-2-4/h4H,1-3H2,(H2,6,7,8)/p-1. The van der Waals surface area contributed by atoms with Crippen LogP contribution in [0, 0.1) is 5.92 Å². The fraction of sp³-hybridized carbons (Fsp3) is 0.800. The average molecular weight is 146 g/mol. The van der Waals surface area contributed by atoms with Gasteiger partial charge >= 0.3 is 0 Å². The second-order valence-electron chi connectivity index (χ2n) is 2.11. The van der Waals surface area contributed by atoms with Crippen LogP contribution in [0.15, 0.2) is 0 Å². The van der Waals surface area contributed by atoms with E-state index in [0.29, 0.717) is 4.32 Å². The van der Waals surface area contributed by atoms with E-state index < -0.39 is 0 Å². The third-order valence-electron chi connectivity index (χ3n) is 1.23. The number of hydrogen-bond acceptors (Lipinski definition) is 2. The largest absolute Gasteiger partial charge is 0.412 e. The number of thiocarbonyl (C=S) groups is 1. The Morgan fingerprint density at radius 3 is 2.75 bits per heavy atom. The Balaban J connectivity index is 1.95. The van der Waals surface area contributed by atoms with Crippen LogP contribution < -0.4 is 5.32 Å². The Labute approximate surface area is 60.3 Å².